The zero-order valence-corrected chi connectivity index (χ0v) is 15.4. The van der Waals surface area contributed by atoms with Crippen LogP contribution >= 0.6 is 0 Å². The van der Waals surface area contributed by atoms with Crippen molar-refractivity contribution < 1.29 is 14.3 Å². The summed E-state index contributed by atoms with van der Waals surface area (Å²) in [5.74, 6) is 1.35. The second-order valence-corrected chi connectivity index (χ2v) is 6.25. The van der Waals surface area contributed by atoms with Crippen molar-refractivity contribution in [1.29, 1.82) is 0 Å². The Kier molecular flexibility index (Phi) is 6.47. The van der Waals surface area contributed by atoms with Crippen molar-refractivity contribution in [1.82, 2.24) is 5.32 Å². The molecule has 0 spiro atoms. The number of nitrogens with one attached hydrogen (secondary N) is 1. The third-order valence-electron chi connectivity index (χ3n) is 4.09. The van der Waals surface area contributed by atoms with Crippen LogP contribution in [0.5, 0.6) is 11.5 Å². The number of carbonyl (C=O) groups is 1. The summed E-state index contributed by atoms with van der Waals surface area (Å²) in [4.78, 5) is 12.0. The largest absolute Gasteiger partial charge is 0.489 e. The van der Waals surface area contributed by atoms with Crippen LogP contribution in [0, 0.1) is 6.92 Å². The molecule has 138 valence electrons. The molecule has 0 aliphatic heterocycles. The molecule has 0 saturated heterocycles. The molecule has 4 heteroatoms. The molecule has 0 saturated carbocycles. The summed E-state index contributed by atoms with van der Waals surface area (Å²) < 4.78 is 11.4. The van der Waals surface area contributed by atoms with Gasteiger partial charge in [0.1, 0.15) is 18.1 Å². The molecular formula is C23H23NO3. The zero-order valence-electron chi connectivity index (χ0n) is 15.4. The summed E-state index contributed by atoms with van der Waals surface area (Å²) in [6.45, 7) is 2.89. The first-order chi connectivity index (χ1) is 13.2. The lowest BCUT2D eigenvalue weighted by Gasteiger charge is -2.11. The van der Waals surface area contributed by atoms with Crippen molar-refractivity contribution in [2.75, 3.05) is 6.61 Å². The van der Waals surface area contributed by atoms with Crippen LogP contribution in [0.15, 0.2) is 78.9 Å². The number of para-hydroxylation sites is 1. The van der Waals surface area contributed by atoms with E-state index < -0.39 is 0 Å². The van der Waals surface area contributed by atoms with E-state index >= 15 is 0 Å². The highest BCUT2D eigenvalue weighted by Crippen LogP contribution is 2.16. The number of ether oxygens (including phenoxy) is 2. The first-order valence-corrected chi connectivity index (χ1v) is 8.91. The lowest BCUT2D eigenvalue weighted by molar-refractivity contribution is -0.123. The molecule has 0 heterocycles. The van der Waals surface area contributed by atoms with Gasteiger partial charge in [0, 0.05) is 6.54 Å². The van der Waals surface area contributed by atoms with E-state index in [0.717, 1.165) is 28.2 Å². The second kappa shape index (κ2) is 9.43. The average molecular weight is 361 g/mol. The minimum atomic E-state index is -0.158. The quantitative estimate of drug-likeness (QED) is 0.652. The van der Waals surface area contributed by atoms with Crippen LogP contribution in [-0.2, 0) is 17.9 Å². The number of aryl methyl sites for hydroxylation is 1. The lowest BCUT2D eigenvalue weighted by atomic mass is 10.2. The Balaban J connectivity index is 1.46. The van der Waals surface area contributed by atoms with Gasteiger partial charge in [0.25, 0.3) is 5.91 Å². The maximum absolute atomic E-state index is 12.0. The van der Waals surface area contributed by atoms with E-state index in [4.69, 9.17) is 9.47 Å². The van der Waals surface area contributed by atoms with Gasteiger partial charge >= 0.3 is 0 Å². The van der Waals surface area contributed by atoms with Gasteiger partial charge in [0.2, 0.25) is 0 Å². The van der Waals surface area contributed by atoms with Crippen LogP contribution in [0.25, 0.3) is 0 Å². The van der Waals surface area contributed by atoms with E-state index in [1.807, 2.05) is 85.8 Å². The summed E-state index contributed by atoms with van der Waals surface area (Å²) in [6.07, 6.45) is 0. The number of hydrogen-bond donors (Lipinski definition) is 1. The number of hydrogen-bond acceptors (Lipinski definition) is 3. The molecule has 3 aromatic rings. The number of carbonyl (C=O) groups excluding carboxylic acids is 1. The highest BCUT2D eigenvalue weighted by molar-refractivity contribution is 5.77. The maximum atomic E-state index is 12.0. The van der Waals surface area contributed by atoms with Crippen molar-refractivity contribution in [3.05, 3.63) is 95.6 Å². The molecule has 4 nitrogen and oxygen atoms in total. The number of amides is 1. The standard InChI is InChI=1S/C23H23NO3/c1-18-8-5-6-13-22(18)27-17-23(25)24-15-20-11-7-12-21(14-20)26-16-19-9-3-2-4-10-19/h2-14H,15-17H2,1H3,(H,24,25). The van der Waals surface area contributed by atoms with E-state index in [9.17, 15) is 4.79 Å². The van der Waals surface area contributed by atoms with Crippen LogP contribution in [0.2, 0.25) is 0 Å². The molecule has 0 aliphatic carbocycles. The first kappa shape index (κ1) is 18.5. The smallest absolute Gasteiger partial charge is 0.258 e. The summed E-state index contributed by atoms with van der Waals surface area (Å²) in [5.41, 5.74) is 3.10. The molecule has 0 unspecified atom stereocenters. The molecule has 27 heavy (non-hydrogen) atoms. The van der Waals surface area contributed by atoms with Gasteiger partial charge in [-0.1, -0.05) is 60.7 Å². The van der Waals surface area contributed by atoms with Crippen LogP contribution in [0.4, 0.5) is 0 Å². The fraction of sp³-hybridized carbons (Fsp3) is 0.174. The average Bonchev–Trinajstić information content (AvgIpc) is 2.71. The van der Waals surface area contributed by atoms with E-state index in [1.165, 1.54) is 0 Å². The summed E-state index contributed by atoms with van der Waals surface area (Å²) in [5, 5.41) is 2.87. The maximum Gasteiger partial charge on any atom is 0.258 e. The van der Waals surface area contributed by atoms with E-state index in [1.54, 1.807) is 0 Å². The SMILES string of the molecule is Cc1ccccc1OCC(=O)NCc1cccc(OCc2ccccc2)c1. The van der Waals surface area contributed by atoms with E-state index in [-0.39, 0.29) is 12.5 Å². The van der Waals surface area contributed by atoms with Crippen molar-refractivity contribution in [3.8, 4) is 11.5 Å². The Morgan fingerprint density at radius 2 is 1.59 bits per heavy atom. The third kappa shape index (κ3) is 5.89. The van der Waals surface area contributed by atoms with Gasteiger partial charge in [-0.2, -0.15) is 0 Å². The predicted octanol–water partition coefficient (Wildman–Crippen LogP) is 4.27. The second-order valence-electron chi connectivity index (χ2n) is 6.25. The third-order valence-corrected chi connectivity index (χ3v) is 4.09. The van der Waals surface area contributed by atoms with Gasteiger partial charge in [-0.3, -0.25) is 4.79 Å². The van der Waals surface area contributed by atoms with Gasteiger partial charge in [-0.15, -0.1) is 0 Å². The van der Waals surface area contributed by atoms with Gasteiger partial charge in [-0.05, 0) is 41.8 Å². The highest BCUT2D eigenvalue weighted by atomic mass is 16.5. The van der Waals surface area contributed by atoms with Gasteiger partial charge < -0.3 is 14.8 Å². The zero-order chi connectivity index (χ0) is 18.9. The number of benzene rings is 3. The van der Waals surface area contributed by atoms with Crippen LogP contribution < -0.4 is 14.8 Å². The predicted molar refractivity (Wildman–Crippen MR) is 106 cm³/mol. The fourth-order valence-electron chi connectivity index (χ4n) is 2.60. The Morgan fingerprint density at radius 3 is 2.41 bits per heavy atom. The van der Waals surface area contributed by atoms with Gasteiger partial charge in [-0.25, -0.2) is 0 Å². The lowest BCUT2D eigenvalue weighted by Crippen LogP contribution is -2.28. The molecule has 0 aliphatic rings. The van der Waals surface area contributed by atoms with Gasteiger partial charge in [0.15, 0.2) is 6.61 Å². The monoisotopic (exact) mass is 361 g/mol. The summed E-state index contributed by atoms with van der Waals surface area (Å²) in [7, 11) is 0. The normalized spacial score (nSPS) is 10.3. The van der Waals surface area contributed by atoms with Crippen molar-refractivity contribution in [2.45, 2.75) is 20.1 Å². The van der Waals surface area contributed by atoms with Crippen LogP contribution in [0.1, 0.15) is 16.7 Å². The summed E-state index contributed by atoms with van der Waals surface area (Å²) in [6, 6.07) is 25.4. The summed E-state index contributed by atoms with van der Waals surface area (Å²) >= 11 is 0. The first-order valence-electron chi connectivity index (χ1n) is 8.91. The minimum absolute atomic E-state index is 0.00491. The molecule has 0 atom stereocenters. The molecule has 0 bridgehead atoms. The molecular weight excluding hydrogens is 338 g/mol. The van der Waals surface area contributed by atoms with Crippen molar-refractivity contribution >= 4 is 5.91 Å². The topological polar surface area (TPSA) is 47.6 Å². The molecule has 3 rings (SSSR count). The Bertz CT molecular complexity index is 878. The van der Waals surface area contributed by atoms with Gasteiger partial charge in [0.05, 0.1) is 0 Å². The molecule has 1 amide bonds. The number of rotatable bonds is 8. The van der Waals surface area contributed by atoms with Crippen LogP contribution in [0.3, 0.4) is 0 Å². The minimum Gasteiger partial charge on any atom is -0.489 e. The Labute approximate surface area is 159 Å². The van der Waals surface area contributed by atoms with E-state index in [2.05, 4.69) is 5.32 Å². The molecule has 0 aromatic heterocycles. The molecule has 3 aromatic carbocycles. The van der Waals surface area contributed by atoms with E-state index in [0.29, 0.717) is 13.2 Å². The van der Waals surface area contributed by atoms with Crippen LogP contribution in [-0.4, -0.2) is 12.5 Å². The Hall–Kier alpha value is -3.27. The van der Waals surface area contributed by atoms with Crippen molar-refractivity contribution in [3.63, 3.8) is 0 Å². The molecule has 1 N–H and O–H groups in total. The Morgan fingerprint density at radius 1 is 0.852 bits per heavy atom. The highest BCUT2D eigenvalue weighted by Gasteiger charge is 2.05. The molecule has 0 fully saturated rings. The van der Waals surface area contributed by atoms with Crippen molar-refractivity contribution in [2.24, 2.45) is 0 Å². The molecule has 0 radical (unpaired) electrons. The fourth-order valence-corrected chi connectivity index (χ4v) is 2.60.